The molecule has 176 valence electrons. The Balaban J connectivity index is 1.15. The molecule has 1 saturated heterocycles. The van der Waals surface area contributed by atoms with Gasteiger partial charge in [-0.15, -0.1) is 0 Å². The van der Waals surface area contributed by atoms with Crippen molar-refractivity contribution < 1.29 is 9.47 Å². The van der Waals surface area contributed by atoms with Crippen LogP contribution in [0.15, 0.2) is 60.8 Å². The van der Waals surface area contributed by atoms with Crippen LogP contribution in [-0.2, 0) is 6.54 Å². The normalized spacial score (nSPS) is 14.9. The van der Waals surface area contributed by atoms with Gasteiger partial charge >= 0.3 is 0 Å². The first-order valence-corrected chi connectivity index (χ1v) is 11.9. The number of ether oxygens (including phenoxy) is 2. The summed E-state index contributed by atoms with van der Waals surface area (Å²) in [5.74, 6) is 3.36. The fraction of sp³-hybridized carbons (Fsp3) is 0.333. The molecule has 5 rings (SSSR count). The lowest BCUT2D eigenvalue weighted by molar-refractivity contribution is 0.210. The molecular weight excluding hydrogens is 426 g/mol. The van der Waals surface area contributed by atoms with Gasteiger partial charge in [-0.25, -0.2) is 9.97 Å². The second-order valence-corrected chi connectivity index (χ2v) is 8.65. The zero-order chi connectivity index (χ0) is 23.3. The molecular formula is C27H31N5O2. The number of hydrogen-bond donors (Lipinski definition) is 2. The number of nitrogens with zero attached hydrogens (tertiary/aromatic N) is 3. The van der Waals surface area contributed by atoms with E-state index < -0.39 is 0 Å². The Labute approximate surface area is 200 Å². The van der Waals surface area contributed by atoms with Crippen molar-refractivity contribution in [3.05, 3.63) is 66.4 Å². The van der Waals surface area contributed by atoms with Crippen LogP contribution in [0.5, 0.6) is 11.5 Å². The Morgan fingerprint density at radius 1 is 1.06 bits per heavy atom. The number of H-pyrrole nitrogens is 1. The zero-order valence-corrected chi connectivity index (χ0v) is 19.8. The number of likely N-dealkylation sites (tertiary alicyclic amines) is 1. The van der Waals surface area contributed by atoms with Crippen LogP contribution >= 0.6 is 0 Å². The predicted octanol–water partition coefficient (Wildman–Crippen LogP) is 5.11. The van der Waals surface area contributed by atoms with Gasteiger partial charge in [-0.1, -0.05) is 18.2 Å². The molecule has 7 nitrogen and oxygen atoms in total. The molecule has 3 heterocycles. The first-order valence-electron chi connectivity index (χ1n) is 11.9. The Kier molecular flexibility index (Phi) is 6.62. The Morgan fingerprint density at radius 3 is 2.65 bits per heavy atom. The number of anilines is 1. The third-order valence-corrected chi connectivity index (χ3v) is 6.30. The van der Waals surface area contributed by atoms with Gasteiger partial charge in [0.2, 0.25) is 0 Å². The summed E-state index contributed by atoms with van der Waals surface area (Å²) in [5, 5.41) is 3.61. The van der Waals surface area contributed by atoms with Crippen molar-refractivity contribution in [3.8, 4) is 22.9 Å². The van der Waals surface area contributed by atoms with Gasteiger partial charge in [0, 0.05) is 37.4 Å². The maximum atomic E-state index is 5.73. The second-order valence-electron chi connectivity index (χ2n) is 8.65. The largest absolute Gasteiger partial charge is 0.493 e. The third kappa shape index (κ3) is 4.99. The summed E-state index contributed by atoms with van der Waals surface area (Å²) in [5.41, 5.74) is 4.24. The number of fused-ring (bicyclic) bond motifs is 1. The summed E-state index contributed by atoms with van der Waals surface area (Å²) in [6.07, 6.45) is 4.05. The summed E-state index contributed by atoms with van der Waals surface area (Å²) >= 11 is 0. The fourth-order valence-electron chi connectivity index (χ4n) is 4.50. The molecule has 2 N–H and O–H groups in total. The van der Waals surface area contributed by atoms with Crippen LogP contribution in [0.2, 0.25) is 0 Å². The molecule has 7 heteroatoms. The molecule has 0 radical (unpaired) electrons. The predicted molar refractivity (Wildman–Crippen MR) is 135 cm³/mol. The standard InChI is InChI=1S/C27H31N5O2/c1-3-34-25-16-19(8-10-24(25)33-2)18-32-14-12-21(13-15-32)29-26-11-9-20(17-28-26)27-30-22-6-4-5-7-23(22)31-27/h4-11,16-17,21H,3,12-15,18H2,1-2H3,(H,28,29)(H,30,31). The number of hydrogen-bond acceptors (Lipinski definition) is 6. The van der Waals surface area contributed by atoms with Crippen molar-refractivity contribution in [2.24, 2.45) is 0 Å². The second kappa shape index (κ2) is 10.1. The number of pyridine rings is 1. The van der Waals surface area contributed by atoms with Gasteiger partial charge < -0.3 is 19.8 Å². The Hall–Kier alpha value is -3.58. The molecule has 0 amide bonds. The average molecular weight is 458 g/mol. The molecule has 2 aromatic carbocycles. The lowest BCUT2D eigenvalue weighted by atomic mass is 10.0. The van der Waals surface area contributed by atoms with Gasteiger partial charge in [-0.3, -0.25) is 4.90 Å². The van der Waals surface area contributed by atoms with Crippen molar-refractivity contribution >= 4 is 16.9 Å². The van der Waals surface area contributed by atoms with Crippen molar-refractivity contribution in [2.75, 3.05) is 32.1 Å². The number of aromatic amines is 1. The maximum Gasteiger partial charge on any atom is 0.161 e. The van der Waals surface area contributed by atoms with Gasteiger partial charge in [0.25, 0.3) is 0 Å². The monoisotopic (exact) mass is 457 g/mol. The highest BCUT2D eigenvalue weighted by Crippen LogP contribution is 2.29. The highest BCUT2D eigenvalue weighted by molar-refractivity contribution is 5.79. The van der Waals surface area contributed by atoms with E-state index >= 15 is 0 Å². The number of imidazole rings is 1. The highest BCUT2D eigenvalue weighted by Gasteiger charge is 2.20. The van der Waals surface area contributed by atoms with Crippen LogP contribution in [0.25, 0.3) is 22.4 Å². The van der Waals surface area contributed by atoms with E-state index in [2.05, 4.69) is 43.4 Å². The SMILES string of the molecule is CCOc1cc(CN2CCC(Nc3ccc(-c4nc5ccccc5[nH]4)cn3)CC2)ccc1OC. The Bertz CT molecular complexity index is 1200. The van der Waals surface area contributed by atoms with E-state index in [9.17, 15) is 0 Å². The third-order valence-electron chi connectivity index (χ3n) is 6.30. The van der Waals surface area contributed by atoms with E-state index in [1.54, 1.807) is 7.11 Å². The first kappa shape index (κ1) is 22.2. The quantitative estimate of drug-likeness (QED) is 0.383. The molecule has 0 aliphatic carbocycles. The molecule has 1 aliphatic rings. The van der Waals surface area contributed by atoms with Gasteiger partial charge in [-0.05, 0) is 61.7 Å². The van der Waals surface area contributed by atoms with Crippen LogP contribution in [0.1, 0.15) is 25.3 Å². The molecule has 1 aliphatic heterocycles. The summed E-state index contributed by atoms with van der Waals surface area (Å²) in [6.45, 7) is 5.63. The molecule has 0 spiro atoms. The summed E-state index contributed by atoms with van der Waals surface area (Å²) < 4.78 is 11.1. The van der Waals surface area contributed by atoms with E-state index in [0.717, 1.165) is 72.2 Å². The topological polar surface area (TPSA) is 75.3 Å². The minimum Gasteiger partial charge on any atom is -0.493 e. The van der Waals surface area contributed by atoms with Crippen LogP contribution in [0.4, 0.5) is 5.82 Å². The van der Waals surface area contributed by atoms with Gasteiger partial charge in [0.15, 0.2) is 11.5 Å². The van der Waals surface area contributed by atoms with Crippen LogP contribution < -0.4 is 14.8 Å². The van der Waals surface area contributed by atoms with Gasteiger partial charge in [-0.2, -0.15) is 0 Å². The van der Waals surface area contributed by atoms with E-state index in [1.165, 1.54) is 5.56 Å². The Morgan fingerprint density at radius 2 is 1.91 bits per heavy atom. The molecule has 1 fully saturated rings. The molecule has 0 atom stereocenters. The van der Waals surface area contributed by atoms with Crippen molar-refractivity contribution in [2.45, 2.75) is 32.4 Å². The van der Waals surface area contributed by atoms with E-state index in [0.29, 0.717) is 12.6 Å². The minimum atomic E-state index is 0.427. The van der Waals surface area contributed by atoms with Gasteiger partial charge in [0.05, 0.1) is 24.8 Å². The number of rotatable bonds is 8. The maximum absolute atomic E-state index is 5.73. The highest BCUT2D eigenvalue weighted by atomic mass is 16.5. The van der Waals surface area contributed by atoms with Crippen molar-refractivity contribution in [3.63, 3.8) is 0 Å². The molecule has 2 aromatic heterocycles. The minimum absolute atomic E-state index is 0.427. The molecule has 34 heavy (non-hydrogen) atoms. The van der Waals surface area contributed by atoms with Crippen molar-refractivity contribution in [1.82, 2.24) is 19.9 Å². The molecule has 4 aromatic rings. The summed E-state index contributed by atoms with van der Waals surface area (Å²) in [6, 6.07) is 18.8. The van der Waals surface area contributed by atoms with Crippen molar-refractivity contribution in [1.29, 1.82) is 0 Å². The van der Waals surface area contributed by atoms with E-state index in [4.69, 9.17) is 9.47 Å². The average Bonchev–Trinajstić information content (AvgIpc) is 3.31. The fourth-order valence-corrected chi connectivity index (χ4v) is 4.50. The number of aromatic nitrogens is 3. The van der Waals surface area contributed by atoms with E-state index in [1.807, 2.05) is 49.5 Å². The molecule has 0 bridgehead atoms. The van der Waals surface area contributed by atoms with Crippen LogP contribution in [0.3, 0.4) is 0 Å². The number of piperidine rings is 1. The smallest absolute Gasteiger partial charge is 0.161 e. The van der Waals surface area contributed by atoms with Crippen LogP contribution in [-0.4, -0.2) is 52.7 Å². The number of benzene rings is 2. The van der Waals surface area contributed by atoms with Crippen LogP contribution in [0, 0.1) is 0 Å². The lowest BCUT2D eigenvalue weighted by Gasteiger charge is -2.32. The molecule has 0 saturated carbocycles. The lowest BCUT2D eigenvalue weighted by Crippen LogP contribution is -2.38. The first-order chi connectivity index (χ1) is 16.7. The van der Waals surface area contributed by atoms with E-state index in [-0.39, 0.29) is 0 Å². The summed E-state index contributed by atoms with van der Waals surface area (Å²) in [4.78, 5) is 15.2. The zero-order valence-electron chi connectivity index (χ0n) is 19.8. The number of nitrogens with one attached hydrogen (secondary N) is 2. The number of methoxy groups -OCH3 is 1. The summed E-state index contributed by atoms with van der Waals surface area (Å²) in [7, 11) is 1.68. The van der Waals surface area contributed by atoms with Gasteiger partial charge in [0.1, 0.15) is 11.6 Å². The molecule has 0 unspecified atom stereocenters. The number of para-hydroxylation sites is 2.